The van der Waals surface area contributed by atoms with Crippen molar-refractivity contribution >= 4 is 0 Å². The smallest absolute Gasteiger partial charge is 0.138 e. The number of phenolic OH excluding ortho intramolecular Hbond substituents is 1. The molecule has 2 heterocycles. The molecular formula is C48H46N3OPt-. The molecule has 5 aromatic carbocycles. The number of aromatic nitrogens is 3. The first-order valence-electron chi connectivity index (χ1n) is 18.0. The maximum Gasteiger partial charge on any atom is 0.138 e. The Kier molecular flexibility index (Phi) is 10.5. The van der Waals surface area contributed by atoms with Gasteiger partial charge in [0.05, 0.1) is 16.7 Å². The molecule has 4 nitrogen and oxygen atoms in total. The molecule has 7 rings (SSSR count). The Bertz CT molecular complexity index is 2220. The van der Waals surface area contributed by atoms with Crippen LogP contribution >= 0.6 is 0 Å². The van der Waals surface area contributed by atoms with Crippen LogP contribution in [0.15, 0.2) is 146 Å². The zero-order chi connectivity index (χ0) is 36.7. The molecule has 0 unspecified atom stereocenters. The van der Waals surface area contributed by atoms with Gasteiger partial charge >= 0.3 is 0 Å². The van der Waals surface area contributed by atoms with Crippen LogP contribution in [-0.4, -0.2) is 19.6 Å². The number of hydrogen-bond donors (Lipinski definition) is 1. The van der Waals surface area contributed by atoms with Crippen LogP contribution < -0.4 is 0 Å². The summed E-state index contributed by atoms with van der Waals surface area (Å²) in [6, 6.07) is 52.0. The van der Waals surface area contributed by atoms with Gasteiger partial charge in [0, 0.05) is 49.9 Å². The van der Waals surface area contributed by atoms with Crippen LogP contribution in [0.25, 0.3) is 28.3 Å². The van der Waals surface area contributed by atoms with Crippen molar-refractivity contribution in [1.82, 2.24) is 14.5 Å². The fraction of sp³-hybridized carbons (Fsp3) is 0.208. The van der Waals surface area contributed by atoms with Crippen molar-refractivity contribution in [3.05, 3.63) is 191 Å². The molecule has 7 aromatic rings. The minimum absolute atomic E-state index is 0. The molecule has 0 fully saturated rings. The first-order chi connectivity index (χ1) is 24.9. The van der Waals surface area contributed by atoms with E-state index < -0.39 is 5.41 Å². The van der Waals surface area contributed by atoms with Gasteiger partial charge in [-0.1, -0.05) is 133 Å². The van der Waals surface area contributed by atoms with E-state index in [4.69, 9.17) is 9.97 Å². The van der Waals surface area contributed by atoms with Gasteiger partial charge in [0.25, 0.3) is 0 Å². The Morgan fingerprint density at radius 1 is 0.623 bits per heavy atom. The molecule has 53 heavy (non-hydrogen) atoms. The number of pyridine rings is 1. The monoisotopic (exact) mass is 875 g/mol. The van der Waals surface area contributed by atoms with E-state index in [1.54, 1.807) is 0 Å². The number of nitrogens with zero attached hydrogens (tertiary/aromatic N) is 3. The third-order valence-corrected chi connectivity index (χ3v) is 10.1. The molecule has 5 heteroatoms. The molecule has 0 saturated heterocycles. The molecule has 0 spiro atoms. The summed E-state index contributed by atoms with van der Waals surface area (Å²) in [6.07, 6.45) is 1.86. The summed E-state index contributed by atoms with van der Waals surface area (Å²) in [6.45, 7) is 15.2. The van der Waals surface area contributed by atoms with Crippen molar-refractivity contribution in [2.75, 3.05) is 0 Å². The maximum atomic E-state index is 12.1. The van der Waals surface area contributed by atoms with Crippen molar-refractivity contribution in [3.63, 3.8) is 0 Å². The number of hydrogen-bond acceptors (Lipinski definition) is 3. The molecule has 0 aliphatic rings. The summed E-state index contributed by atoms with van der Waals surface area (Å²) >= 11 is 0. The predicted molar refractivity (Wildman–Crippen MR) is 213 cm³/mol. The van der Waals surface area contributed by atoms with Gasteiger partial charge in [-0.3, -0.25) is 9.97 Å². The fourth-order valence-corrected chi connectivity index (χ4v) is 7.34. The van der Waals surface area contributed by atoms with Gasteiger partial charge in [-0.15, -0.1) is 35.4 Å². The molecular weight excluding hydrogens is 830 g/mol. The molecule has 0 bridgehead atoms. The van der Waals surface area contributed by atoms with Crippen LogP contribution in [0.2, 0.25) is 0 Å². The van der Waals surface area contributed by atoms with E-state index >= 15 is 0 Å². The van der Waals surface area contributed by atoms with Crippen molar-refractivity contribution < 1.29 is 26.2 Å². The minimum Gasteiger partial charge on any atom is -0.507 e. The number of rotatable bonds is 7. The SMILES string of the molecule is Cc1c(-c2[c-]c(C(c3ccccc3)(c3ccccc3)c3ccccn3)ccc2)nc(-c2cc(C(C)(C)C)cc(C(C)(C)C)c2O)n1-c1ccccc1.[Pt]. The number of imidazole rings is 1. The van der Waals surface area contributed by atoms with E-state index in [-0.39, 0.29) is 37.6 Å². The Balaban J connectivity index is 0.00000481. The summed E-state index contributed by atoms with van der Waals surface area (Å²) in [7, 11) is 0. The third kappa shape index (κ3) is 6.94. The van der Waals surface area contributed by atoms with Gasteiger partial charge in [-0.25, -0.2) is 0 Å². The zero-order valence-electron chi connectivity index (χ0n) is 31.5. The molecule has 0 radical (unpaired) electrons. The standard InChI is InChI=1S/C48H46N3O.Pt/c1-33-43(50-45(51(33)39-26-15-10-16-27-39)40-31-38(46(2,3)4)32-41(44(40)52)47(5,6)7)34-20-19-25-37(30-34)48(35-21-11-8-12-22-35,36-23-13-9-14-24-36)42-28-17-18-29-49-42;/h8-29,31-32,52H,1-7H3;/q-1;. The van der Waals surface area contributed by atoms with Gasteiger partial charge in [-0.05, 0) is 64.8 Å². The Labute approximate surface area is 328 Å². The molecule has 0 aliphatic heterocycles. The van der Waals surface area contributed by atoms with Crippen molar-refractivity contribution in [2.24, 2.45) is 0 Å². The van der Waals surface area contributed by atoms with Gasteiger partial charge in [0.1, 0.15) is 11.6 Å². The predicted octanol–water partition coefficient (Wildman–Crippen LogP) is 11.4. The van der Waals surface area contributed by atoms with Crippen LogP contribution in [0, 0.1) is 13.0 Å². The second kappa shape index (κ2) is 14.8. The fourth-order valence-electron chi connectivity index (χ4n) is 7.34. The third-order valence-electron chi connectivity index (χ3n) is 10.1. The normalized spacial score (nSPS) is 12.0. The van der Waals surface area contributed by atoms with Crippen LogP contribution in [0.1, 0.15) is 80.7 Å². The van der Waals surface area contributed by atoms with Crippen LogP contribution in [0.3, 0.4) is 0 Å². The van der Waals surface area contributed by atoms with Crippen molar-refractivity contribution in [2.45, 2.75) is 64.7 Å². The first kappa shape index (κ1) is 37.7. The van der Waals surface area contributed by atoms with Gasteiger partial charge in [0.15, 0.2) is 0 Å². The van der Waals surface area contributed by atoms with E-state index in [9.17, 15) is 5.11 Å². The first-order valence-corrected chi connectivity index (χ1v) is 18.0. The maximum absolute atomic E-state index is 12.1. The Hall–Kier alpha value is -5.05. The van der Waals surface area contributed by atoms with Crippen molar-refractivity contribution in [1.29, 1.82) is 0 Å². The summed E-state index contributed by atoms with van der Waals surface area (Å²) in [5.41, 5.74) is 9.23. The topological polar surface area (TPSA) is 50.9 Å². The molecule has 270 valence electrons. The number of phenols is 1. The molecule has 1 N–H and O–H groups in total. The van der Waals surface area contributed by atoms with Crippen LogP contribution in [0.4, 0.5) is 0 Å². The zero-order valence-corrected chi connectivity index (χ0v) is 33.7. The Morgan fingerprint density at radius 3 is 1.75 bits per heavy atom. The second-order valence-electron chi connectivity index (χ2n) is 15.6. The van der Waals surface area contributed by atoms with E-state index in [1.807, 2.05) is 42.6 Å². The van der Waals surface area contributed by atoms with Crippen LogP contribution in [0.5, 0.6) is 5.75 Å². The number of benzene rings is 5. The summed E-state index contributed by atoms with van der Waals surface area (Å²) in [5.74, 6) is 0.947. The van der Waals surface area contributed by atoms with Crippen LogP contribution in [-0.2, 0) is 37.3 Å². The minimum atomic E-state index is -0.751. The van der Waals surface area contributed by atoms with Gasteiger partial charge in [-0.2, -0.15) is 0 Å². The average Bonchev–Trinajstić information content (AvgIpc) is 3.49. The number of para-hydroxylation sites is 1. The van der Waals surface area contributed by atoms with Gasteiger partial charge < -0.3 is 9.67 Å². The molecule has 0 aliphatic carbocycles. The summed E-state index contributed by atoms with van der Waals surface area (Å²) < 4.78 is 2.17. The molecule has 0 amide bonds. The average molecular weight is 876 g/mol. The Morgan fingerprint density at radius 2 is 1.21 bits per heavy atom. The summed E-state index contributed by atoms with van der Waals surface area (Å²) in [4.78, 5) is 10.4. The van der Waals surface area contributed by atoms with E-state index in [0.29, 0.717) is 11.4 Å². The number of aromatic hydroxyl groups is 1. The van der Waals surface area contributed by atoms with Crippen molar-refractivity contribution in [3.8, 4) is 34.1 Å². The van der Waals surface area contributed by atoms with Gasteiger partial charge in [0.2, 0.25) is 0 Å². The molecule has 0 atom stereocenters. The molecule has 0 saturated carbocycles. The van der Waals surface area contributed by atoms with E-state index in [0.717, 1.165) is 56.1 Å². The van der Waals surface area contributed by atoms with E-state index in [2.05, 4.69) is 162 Å². The molecule has 2 aromatic heterocycles. The van der Waals surface area contributed by atoms with E-state index in [1.165, 1.54) is 0 Å². The second-order valence-corrected chi connectivity index (χ2v) is 15.6. The quantitative estimate of drug-likeness (QED) is 0.128. The largest absolute Gasteiger partial charge is 0.507 e. The summed E-state index contributed by atoms with van der Waals surface area (Å²) in [5, 5.41) is 12.1.